The molecule has 0 radical (unpaired) electrons. The highest BCUT2D eigenvalue weighted by Gasteiger charge is 2.10. The van der Waals surface area contributed by atoms with Crippen molar-refractivity contribution >= 4 is 55.6 Å². The van der Waals surface area contributed by atoms with Crippen LogP contribution < -0.4 is 10.1 Å². The van der Waals surface area contributed by atoms with E-state index in [0.717, 1.165) is 16.0 Å². The molecule has 21 heavy (non-hydrogen) atoms. The summed E-state index contributed by atoms with van der Waals surface area (Å²) in [5, 5.41) is 3.67. The molecule has 2 aromatic carbocycles. The zero-order valence-corrected chi connectivity index (χ0v) is 13.1. The lowest BCUT2D eigenvalue weighted by atomic mass is 10.3. The molecule has 0 saturated carbocycles. The van der Waals surface area contributed by atoms with Gasteiger partial charge in [-0.05, 0) is 30.3 Å². The summed E-state index contributed by atoms with van der Waals surface area (Å²) < 4.78 is 19.5. The molecule has 0 amide bonds. The molecular weight excluding hydrogens is 334 g/mol. The number of methoxy groups -OCH3 is 1. The summed E-state index contributed by atoms with van der Waals surface area (Å²) in [5.41, 5.74) is 1.43. The van der Waals surface area contributed by atoms with E-state index in [1.54, 1.807) is 7.11 Å². The second-order valence-electron chi connectivity index (χ2n) is 4.23. The van der Waals surface area contributed by atoms with Crippen molar-refractivity contribution in [2.24, 2.45) is 0 Å². The van der Waals surface area contributed by atoms with Crippen molar-refractivity contribution in [3.8, 4) is 5.75 Å². The first-order valence-electron chi connectivity index (χ1n) is 5.93. The van der Waals surface area contributed by atoms with Gasteiger partial charge in [0.15, 0.2) is 10.9 Å². The van der Waals surface area contributed by atoms with E-state index in [2.05, 4.69) is 10.3 Å². The fraction of sp³-hybridized carbons (Fsp3) is 0.0714. The molecule has 0 aliphatic carbocycles. The molecule has 0 atom stereocenters. The van der Waals surface area contributed by atoms with E-state index < -0.39 is 5.82 Å². The predicted octanol–water partition coefficient (Wildman–Crippen LogP) is 5.49. The number of nitrogens with one attached hydrogen (secondary N) is 1. The Balaban J connectivity index is 1.94. The van der Waals surface area contributed by atoms with Gasteiger partial charge in [-0.1, -0.05) is 34.5 Å². The van der Waals surface area contributed by atoms with Crippen LogP contribution in [0.4, 0.5) is 15.2 Å². The number of thiazole rings is 1. The summed E-state index contributed by atoms with van der Waals surface area (Å²) in [5.74, 6) is 0.142. The molecule has 3 aromatic rings. The largest absolute Gasteiger partial charge is 0.497 e. The SMILES string of the molecule is COc1ccc2nc(Nc3cc(Cl)c(F)c(Cl)c3)sc2c1. The maximum atomic E-state index is 13.4. The Labute approximate surface area is 134 Å². The molecule has 0 spiro atoms. The Hall–Kier alpha value is -1.56. The van der Waals surface area contributed by atoms with Gasteiger partial charge < -0.3 is 10.1 Å². The van der Waals surface area contributed by atoms with E-state index in [9.17, 15) is 4.39 Å². The Kier molecular flexibility index (Phi) is 3.89. The lowest BCUT2D eigenvalue weighted by molar-refractivity contribution is 0.415. The van der Waals surface area contributed by atoms with Crippen LogP contribution in [0.1, 0.15) is 0 Å². The minimum absolute atomic E-state index is 0.0345. The standard InChI is InChI=1S/C14H9Cl2FN2OS/c1-20-8-2-3-11-12(6-8)21-14(19-11)18-7-4-9(15)13(17)10(16)5-7/h2-6H,1H3,(H,18,19). The zero-order valence-electron chi connectivity index (χ0n) is 10.8. The molecular formula is C14H9Cl2FN2OS. The fourth-order valence-corrected chi connectivity index (χ4v) is 3.24. The molecule has 0 aliphatic heterocycles. The van der Waals surface area contributed by atoms with Crippen molar-refractivity contribution in [3.05, 3.63) is 46.2 Å². The molecule has 108 valence electrons. The molecule has 1 aromatic heterocycles. The Bertz CT molecular complexity index is 799. The minimum atomic E-state index is -0.627. The number of aromatic nitrogens is 1. The van der Waals surface area contributed by atoms with Crippen LogP contribution >= 0.6 is 34.5 Å². The predicted molar refractivity (Wildman–Crippen MR) is 85.9 cm³/mol. The molecule has 0 fully saturated rings. The monoisotopic (exact) mass is 342 g/mol. The van der Waals surface area contributed by atoms with E-state index >= 15 is 0 Å². The van der Waals surface area contributed by atoms with Gasteiger partial charge in [0.1, 0.15) is 5.75 Å². The van der Waals surface area contributed by atoms with E-state index in [4.69, 9.17) is 27.9 Å². The molecule has 3 nitrogen and oxygen atoms in total. The number of benzene rings is 2. The number of anilines is 2. The van der Waals surface area contributed by atoms with Crippen molar-refractivity contribution in [1.82, 2.24) is 4.98 Å². The van der Waals surface area contributed by atoms with Crippen LogP contribution in [0, 0.1) is 5.82 Å². The first kappa shape index (κ1) is 14.4. The summed E-state index contributed by atoms with van der Waals surface area (Å²) in [7, 11) is 1.61. The number of ether oxygens (including phenoxy) is 1. The van der Waals surface area contributed by atoms with E-state index in [0.29, 0.717) is 10.8 Å². The maximum Gasteiger partial charge on any atom is 0.188 e. The topological polar surface area (TPSA) is 34.1 Å². The van der Waals surface area contributed by atoms with Gasteiger partial charge in [-0.25, -0.2) is 9.37 Å². The number of hydrogen-bond acceptors (Lipinski definition) is 4. The van der Waals surface area contributed by atoms with Crippen LogP contribution in [0.15, 0.2) is 30.3 Å². The average Bonchev–Trinajstić information content (AvgIpc) is 2.85. The molecule has 7 heteroatoms. The van der Waals surface area contributed by atoms with Gasteiger partial charge in [0, 0.05) is 5.69 Å². The third kappa shape index (κ3) is 2.90. The highest BCUT2D eigenvalue weighted by atomic mass is 35.5. The molecule has 0 aliphatic rings. The normalized spacial score (nSPS) is 10.9. The van der Waals surface area contributed by atoms with Crippen molar-refractivity contribution in [3.63, 3.8) is 0 Å². The number of nitrogens with zero attached hydrogens (tertiary/aromatic N) is 1. The van der Waals surface area contributed by atoms with E-state index in [1.165, 1.54) is 23.5 Å². The Morgan fingerprint density at radius 1 is 1.19 bits per heavy atom. The van der Waals surface area contributed by atoms with Crippen LogP contribution in [-0.2, 0) is 0 Å². The number of hydrogen-bond donors (Lipinski definition) is 1. The van der Waals surface area contributed by atoms with Gasteiger partial charge in [0.25, 0.3) is 0 Å². The molecule has 1 heterocycles. The zero-order chi connectivity index (χ0) is 15.0. The highest BCUT2D eigenvalue weighted by Crippen LogP contribution is 2.33. The van der Waals surface area contributed by atoms with Gasteiger partial charge >= 0.3 is 0 Å². The smallest absolute Gasteiger partial charge is 0.188 e. The summed E-state index contributed by atoms with van der Waals surface area (Å²) >= 11 is 13.0. The summed E-state index contributed by atoms with van der Waals surface area (Å²) in [6.45, 7) is 0. The second kappa shape index (κ2) is 5.67. The maximum absolute atomic E-state index is 13.4. The first-order valence-corrected chi connectivity index (χ1v) is 7.50. The van der Waals surface area contributed by atoms with Crippen LogP contribution in [0.3, 0.4) is 0 Å². The first-order chi connectivity index (χ1) is 10.1. The van der Waals surface area contributed by atoms with Crippen molar-refractivity contribution in [2.45, 2.75) is 0 Å². The molecule has 1 N–H and O–H groups in total. The van der Waals surface area contributed by atoms with Crippen molar-refractivity contribution in [2.75, 3.05) is 12.4 Å². The number of fused-ring (bicyclic) bond motifs is 1. The quantitative estimate of drug-likeness (QED) is 0.638. The summed E-state index contributed by atoms with van der Waals surface area (Å²) in [4.78, 5) is 4.44. The van der Waals surface area contributed by atoms with Gasteiger partial charge in [0.05, 0.1) is 27.4 Å². The van der Waals surface area contributed by atoms with Crippen molar-refractivity contribution in [1.29, 1.82) is 0 Å². The third-order valence-electron chi connectivity index (χ3n) is 2.83. The Morgan fingerprint density at radius 2 is 1.90 bits per heavy atom. The van der Waals surface area contributed by atoms with Crippen LogP contribution in [0.25, 0.3) is 10.2 Å². The Morgan fingerprint density at radius 3 is 2.57 bits per heavy atom. The van der Waals surface area contributed by atoms with Gasteiger partial charge in [-0.15, -0.1) is 0 Å². The van der Waals surface area contributed by atoms with Crippen LogP contribution in [0.5, 0.6) is 5.75 Å². The fourth-order valence-electron chi connectivity index (χ4n) is 1.84. The van der Waals surface area contributed by atoms with Crippen LogP contribution in [0.2, 0.25) is 10.0 Å². The minimum Gasteiger partial charge on any atom is -0.497 e. The average molecular weight is 343 g/mol. The van der Waals surface area contributed by atoms with Gasteiger partial charge in [-0.3, -0.25) is 0 Å². The highest BCUT2D eigenvalue weighted by molar-refractivity contribution is 7.22. The molecule has 0 saturated heterocycles. The van der Waals surface area contributed by atoms with E-state index in [-0.39, 0.29) is 10.0 Å². The summed E-state index contributed by atoms with van der Waals surface area (Å²) in [6.07, 6.45) is 0. The number of rotatable bonds is 3. The summed E-state index contributed by atoms with van der Waals surface area (Å²) in [6, 6.07) is 8.56. The molecule has 0 bridgehead atoms. The van der Waals surface area contributed by atoms with Crippen molar-refractivity contribution < 1.29 is 9.13 Å². The lowest BCUT2D eigenvalue weighted by Crippen LogP contribution is -1.91. The number of halogens is 3. The second-order valence-corrected chi connectivity index (χ2v) is 6.08. The van der Waals surface area contributed by atoms with E-state index in [1.807, 2.05) is 18.2 Å². The third-order valence-corrected chi connectivity index (χ3v) is 4.31. The lowest BCUT2D eigenvalue weighted by Gasteiger charge is -2.05. The van der Waals surface area contributed by atoms with Gasteiger partial charge in [-0.2, -0.15) is 0 Å². The van der Waals surface area contributed by atoms with Gasteiger partial charge in [0.2, 0.25) is 0 Å². The molecule has 0 unspecified atom stereocenters. The van der Waals surface area contributed by atoms with Crippen LogP contribution in [-0.4, -0.2) is 12.1 Å². The molecule has 3 rings (SSSR count).